The third kappa shape index (κ3) is 5.66. The molecule has 0 saturated carbocycles. The van der Waals surface area contributed by atoms with Crippen molar-refractivity contribution in [3.63, 3.8) is 0 Å². The summed E-state index contributed by atoms with van der Waals surface area (Å²) in [5.74, 6) is -0.162. The molecule has 0 N–H and O–H groups in total. The maximum atomic E-state index is 12.5. The molecule has 1 unspecified atom stereocenters. The van der Waals surface area contributed by atoms with E-state index in [1.165, 1.54) is 29.2 Å². The van der Waals surface area contributed by atoms with Crippen molar-refractivity contribution in [1.82, 2.24) is 0 Å². The number of hydrogen-bond acceptors (Lipinski definition) is 8. The van der Waals surface area contributed by atoms with Gasteiger partial charge >= 0.3 is 5.97 Å². The van der Waals surface area contributed by atoms with Crippen LogP contribution < -0.4 is 14.4 Å². The van der Waals surface area contributed by atoms with E-state index in [0.29, 0.717) is 22.9 Å². The molecule has 0 aliphatic carbocycles. The van der Waals surface area contributed by atoms with Gasteiger partial charge in [0.15, 0.2) is 12.4 Å². The predicted octanol–water partition coefficient (Wildman–Crippen LogP) is 4.17. The van der Waals surface area contributed by atoms with Crippen LogP contribution >= 0.6 is 0 Å². The van der Waals surface area contributed by atoms with Crippen LogP contribution in [0.1, 0.15) is 16.8 Å². The molecular formula is C26H22N2O8. The highest BCUT2D eigenvalue weighted by atomic mass is 16.6. The van der Waals surface area contributed by atoms with E-state index in [4.69, 9.17) is 14.2 Å². The minimum atomic E-state index is -0.711. The Morgan fingerprint density at radius 3 is 2.11 bits per heavy atom. The highest BCUT2D eigenvalue weighted by Gasteiger charge is 2.36. The van der Waals surface area contributed by atoms with Gasteiger partial charge in [0, 0.05) is 36.3 Å². The normalized spacial score (nSPS) is 14.9. The molecule has 1 aliphatic heterocycles. The average Bonchev–Trinajstić information content (AvgIpc) is 3.29. The zero-order chi connectivity index (χ0) is 25.7. The van der Waals surface area contributed by atoms with Gasteiger partial charge in [0.1, 0.15) is 17.2 Å². The summed E-state index contributed by atoms with van der Waals surface area (Å²) in [5, 5.41) is 10.7. The number of anilines is 1. The number of carbonyl (C=O) groups is 3. The van der Waals surface area contributed by atoms with Gasteiger partial charge in [0.05, 0.1) is 18.0 Å². The van der Waals surface area contributed by atoms with Crippen molar-refractivity contribution in [2.24, 2.45) is 5.92 Å². The zero-order valence-electron chi connectivity index (χ0n) is 19.3. The molecule has 3 aromatic carbocycles. The molecule has 1 atom stereocenters. The Bertz CT molecular complexity index is 1270. The molecule has 3 aromatic rings. The second-order valence-corrected chi connectivity index (χ2v) is 8.01. The van der Waals surface area contributed by atoms with E-state index in [9.17, 15) is 24.5 Å². The van der Waals surface area contributed by atoms with Gasteiger partial charge in [-0.3, -0.25) is 24.5 Å². The smallest absolute Gasteiger partial charge is 0.311 e. The summed E-state index contributed by atoms with van der Waals surface area (Å²) in [6, 6.07) is 19.0. The summed E-state index contributed by atoms with van der Waals surface area (Å²) >= 11 is 0. The maximum absolute atomic E-state index is 12.5. The fourth-order valence-electron chi connectivity index (χ4n) is 3.70. The number of nitro groups is 1. The first-order valence-corrected chi connectivity index (χ1v) is 11.0. The summed E-state index contributed by atoms with van der Waals surface area (Å²) in [7, 11) is 1.58. The number of nitrogens with zero attached hydrogens (tertiary/aromatic N) is 2. The van der Waals surface area contributed by atoms with Gasteiger partial charge in [0.25, 0.3) is 5.69 Å². The van der Waals surface area contributed by atoms with Gasteiger partial charge in [-0.2, -0.15) is 0 Å². The first kappa shape index (κ1) is 24.4. The summed E-state index contributed by atoms with van der Waals surface area (Å²) < 4.78 is 16.0. The molecule has 10 nitrogen and oxygen atoms in total. The van der Waals surface area contributed by atoms with Gasteiger partial charge in [-0.25, -0.2) is 0 Å². The van der Waals surface area contributed by atoms with Crippen LogP contribution in [0, 0.1) is 16.0 Å². The van der Waals surface area contributed by atoms with Crippen molar-refractivity contribution < 1.29 is 33.5 Å². The number of ketones is 1. The molecule has 1 fully saturated rings. The number of benzene rings is 3. The van der Waals surface area contributed by atoms with Gasteiger partial charge in [-0.1, -0.05) is 0 Å². The molecular weight excluding hydrogens is 468 g/mol. The molecule has 1 heterocycles. The van der Waals surface area contributed by atoms with Crippen LogP contribution in [-0.2, 0) is 14.3 Å². The van der Waals surface area contributed by atoms with Crippen LogP contribution in [0.5, 0.6) is 17.2 Å². The van der Waals surface area contributed by atoms with E-state index >= 15 is 0 Å². The number of non-ortho nitro benzene ring substituents is 1. The van der Waals surface area contributed by atoms with Crippen molar-refractivity contribution >= 4 is 29.0 Å². The third-order valence-corrected chi connectivity index (χ3v) is 5.65. The molecule has 36 heavy (non-hydrogen) atoms. The van der Waals surface area contributed by atoms with Crippen LogP contribution in [0.25, 0.3) is 0 Å². The molecule has 1 saturated heterocycles. The minimum absolute atomic E-state index is 0.0331. The average molecular weight is 490 g/mol. The lowest BCUT2D eigenvalue weighted by molar-refractivity contribution is -0.384. The fourth-order valence-corrected chi connectivity index (χ4v) is 3.70. The molecule has 0 aromatic heterocycles. The van der Waals surface area contributed by atoms with Crippen molar-refractivity contribution in [2.45, 2.75) is 6.42 Å². The Morgan fingerprint density at radius 2 is 1.53 bits per heavy atom. The summed E-state index contributed by atoms with van der Waals surface area (Å²) in [4.78, 5) is 48.9. The molecule has 4 rings (SSSR count). The number of hydrogen-bond donors (Lipinski definition) is 0. The van der Waals surface area contributed by atoms with Crippen molar-refractivity contribution in [2.75, 3.05) is 25.2 Å². The number of nitro benzene ring substituents is 1. The molecule has 1 aliphatic rings. The Hall–Kier alpha value is -4.73. The molecule has 0 radical (unpaired) electrons. The number of Topliss-reactive ketones (excluding diaryl/α,β-unsaturated/α-hetero) is 1. The van der Waals surface area contributed by atoms with Crippen molar-refractivity contribution in [1.29, 1.82) is 0 Å². The van der Waals surface area contributed by atoms with Crippen LogP contribution in [-0.4, -0.2) is 42.8 Å². The first-order valence-electron chi connectivity index (χ1n) is 11.0. The lowest BCUT2D eigenvalue weighted by Crippen LogP contribution is -2.27. The van der Waals surface area contributed by atoms with Crippen molar-refractivity contribution in [3.05, 3.63) is 88.5 Å². The molecule has 10 heteroatoms. The van der Waals surface area contributed by atoms with E-state index in [-0.39, 0.29) is 30.1 Å². The summed E-state index contributed by atoms with van der Waals surface area (Å²) in [6.07, 6.45) is -0.0331. The van der Waals surface area contributed by atoms with E-state index in [2.05, 4.69) is 0 Å². The number of rotatable bonds is 9. The first-order chi connectivity index (χ1) is 17.3. The SMILES string of the molecule is COc1ccc(Oc2ccc(N3CC(C(=O)OCC(=O)c4ccc([N+](=O)[O-])cc4)CC3=O)cc2)cc1. The van der Waals surface area contributed by atoms with E-state index < -0.39 is 29.2 Å². The summed E-state index contributed by atoms with van der Waals surface area (Å²) in [5.41, 5.74) is 0.655. The lowest BCUT2D eigenvalue weighted by atomic mass is 10.1. The highest BCUT2D eigenvalue weighted by molar-refractivity contribution is 6.01. The topological polar surface area (TPSA) is 125 Å². The number of ether oxygens (including phenoxy) is 3. The van der Waals surface area contributed by atoms with Crippen LogP contribution in [0.4, 0.5) is 11.4 Å². The fraction of sp³-hybridized carbons (Fsp3) is 0.192. The second kappa shape index (κ2) is 10.7. The number of carbonyl (C=O) groups excluding carboxylic acids is 3. The Labute approximate surface area is 206 Å². The van der Waals surface area contributed by atoms with Crippen LogP contribution in [0.15, 0.2) is 72.8 Å². The van der Waals surface area contributed by atoms with E-state index in [0.717, 1.165) is 0 Å². The molecule has 0 bridgehead atoms. The number of esters is 1. The standard InChI is InChI=1S/C26H22N2O8/c1-34-21-10-12-23(13-11-21)36-22-8-6-19(7-9-22)27-15-18(14-25(27)30)26(31)35-16-24(29)17-2-4-20(5-3-17)28(32)33/h2-13,18H,14-16H2,1H3. The molecule has 184 valence electrons. The Balaban J connectivity index is 1.31. The largest absolute Gasteiger partial charge is 0.497 e. The quantitative estimate of drug-likeness (QED) is 0.189. The zero-order valence-corrected chi connectivity index (χ0v) is 19.3. The minimum Gasteiger partial charge on any atom is -0.497 e. The second-order valence-electron chi connectivity index (χ2n) is 8.01. The van der Waals surface area contributed by atoms with Crippen LogP contribution in [0.2, 0.25) is 0 Å². The van der Waals surface area contributed by atoms with Gasteiger partial charge in [-0.15, -0.1) is 0 Å². The number of methoxy groups -OCH3 is 1. The van der Waals surface area contributed by atoms with Gasteiger partial charge < -0.3 is 19.1 Å². The van der Waals surface area contributed by atoms with E-state index in [1.54, 1.807) is 55.6 Å². The molecule has 0 spiro atoms. The van der Waals surface area contributed by atoms with Gasteiger partial charge in [-0.05, 0) is 60.7 Å². The van der Waals surface area contributed by atoms with Gasteiger partial charge in [0.2, 0.25) is 5.91 Å². The van der Waals surface area contributed by atoms with E-state index in [1.807, 2.05) is 0 Å². The summed E-state index contributed by atoms with van der Waals surface area (Å²) in [6.45, 7) is -0.388. The van der Waals surface area contributed by atoms with Crippen molar-refractivity contribution in [3.8, 4) is 17.2 Å². The third-order valence-electron chi connectivity index (χ3n) is 5.65. The molecule has 1 amide bonds. The highest BCUT2D eigenvalue weighted by Crippen LogP contribution is 2.29. The van der Waals surface area contributed by atoms with Crippen LogP contribution in [0.3, 0.4) is 0 Å². The Kier molecular flexibility index (Phi) is 7.24. The Morgan fingerprint density at radius 1 is 0.944 bits per heavy atom. The lowest BCUT2D eigenvalue weighted by Gasteiger charge is -2.17. The monoisotopic (exact) mass is 490 g/mol. The number of amides is 1. The predicted molar refractivity (Wildman–Crippen MR) is 128 cm³/mol. The maximum Gasteiger partial charge on any atom is 0.311 e.